The van der Waals surface area contributed by atoms with Crippen molar-refractivity contribution in [2.24, 2.45) is 0 Å². The molecule has 1 unspecified atom stereocenters. The zero-order chi connectivity index (χ0) is 30.4. The average molecular weight is 582 g/mol. The second-order valence-corrected chi connectivity index (χ2v) is 11.2. The van der Waals surface area contributed by atoms with Crippen LogP contribution >= 0.6 is 0 Å². The number of ether oxygens (including phenoxy) is 1. The third-order valence-electron chi connectivity index (χ3n) is 7.60. The number of carbonyl (C=O) groups excluding carboxylic acids is 1. The SMILES string of the molecule is CCCCCCCCCCCCCCCCCCc1ccc(OC(O)C=CCC(=O)c2ccc(O)c([N+](=O)[O-])c2)cc1. The summed E-state index contributed by atoms with van der Waals surface area (Å²) in [5.74, 6) is -0.338. The van der Waals surface area contributed by atoms with Gasteiger partial charge in [-0.2, -0.15) is 0 Å². The summed E-state index contributed by atoms with van der Waals surface area (Å²) in [5.41, 5.74) is 0.831. The number of Topliss-reactive ketones (excluding diaryl/α,β-unsaturated/α-hetero) is 1. The van der Waals surface area contributed by atoms with E-state index in [1.54, 1.807) is 0 Å². The molecule has 232 valence electrons. The molecule has 0 spiro atoms. The third-order valence-corrected chi connectivity index (χ3v) is 7.60. The summed E-state index contributed by atoms with van der Waals surface area (Å²) in [6.07, 6.45) is 24.3. The van der Waals surface area contributed by atoms with Gasteiger partial charge < -0.3 is 14.9 Å². The average Bonchev–Trinajstić information content (AvgIpc) is 2.97. The minimum Gasteiger partial charge on any atom is -0.502 e. The van der Waals surface area contributed by atoms with Crippen LogP contribution in [0, 0.1) is 10.1 Å². The van der Waals surface area contributed by atoms with E-state index >= 15 is 0 Å². The highest BCUT2D eigenvalue weighted by Crippen LogP contribution is 2.27. The van der Waals surface area contributed by atoms with Gasteiger partial charge in [-0.25, -0.2) is 0 Å². The van der Waals surface area contributed by atoms with Gasteiger partial charge >= 0.3 is 5.69 Å². The number of phenols is 1. The van der Waals surface area contributed by atoms with Crippen LogP contribution in [-0.4, -0.2) is 27.2 Å². The molecule has 7 heteroatoms. The highest BCUT2D eigenvalue weighted by atomic mass is 16.6. The molecular formula is C35H51NO6. The Balaban J connectivity index is 1.51. The van der Waals surface area contributed by atoms with E-state index in [0.717, 1.165) is 18.6 Å². The number of rotatable bonds is 24. The van der Waals surface area contributed by atoms with E-state index in [4.69, 9.17) is 4.74 Å². The fourth-order valence-electron chi connectivity index (χ4n) is 5.04. The van der Waals surface area contributed by atoms with Crippen molar-refractivity contribution in [3.8, 4) is 11.5 Å². The number of unbranched alkanes of at least 4 members (excludes halogenated alkanes) is 15. The number of benzene rings is 2. The van der Waals surface area contributed by atoms with Gasteiger partial charge in [-0.05, 0) is 48.7 Å². The first kappa shape index (κ1) is 35.0. The Labute approximate surface area is 252 Å². The van der Waals surface area contributed by atoms with Gasteiger partial charge in [0.05, 0.1) is 4.92 Å². The first-order valence-corrected chi connectivity index (χ1v) is 16.0. The summed E-state index contributed by atoms with van der Waals surface area (Å²) in [6, 6.07) is 11.2. The number of aryl methyl sites for hydroxylation is 1. The first-order valence-electron chi connectivity index (χ1n) is 16.0. The molecule has 2 aromatic carbocycles. The quantitative estimate of drug-likeness (QED) is 0.0319. The predicted octanol–water partition coefficient (Wildman–Crippen LogP) is 9.63. The van der Waals surface area contributed by atoms with E-state index in [0.29, 0.717) is 5.75 Å². The first-order chi connectivity index (χ1) is 20.4. The Bertz CT molecular complexity index is 1070. The Kier molecular flexibility index (Phi) is 17.9. The maximum Gasteiger partial charge on any atom is 0.311 e. The highest BCUT2D eigenvalue weighted by molar-refractivity contribution is 5.97. The van der Waals surface area contributed by atoms with Crippen LogP contribution in [0.2, 0.25) is 0 Å². The highest BCUT2D eigenvalue weighted by Gasteiger charge is 2.16. The number of allylic oxidation sites excluding steroid dienone is 1. The van der Waals surface area contributed by atoms with Gasteiger partial charge in [-0.3, -0.25) is 14.9 Å². The number of aliphatic hydroxyl groups is 1. The van der Waals surface area contributed by atoms with Gasteiger partial charge in [-0.1, -0.05) is 121 Å². The Morgan fingerprint density at radius 3 is 1.88 bits per heavy atom. The van der Waals surface area contributed by atoms with Gasteiger partial charge in [-0.15, -0.1) is 0 Å². The number of hydrogen-bond acceptors (Lipinski definition) is 6. The van der Waals surface area contributed by atoms with Crippen molar-refractivity contribution >= 4 is 11.5 Å². The van der Waals surface area contributed by atoms with Gasteiger partial charge in [0.1, 0.15) is 5.75 Å². The predicted molar refractivity (Wildman–Crippen MR) is 169 cm³/mol. The van der Waals surface area contributed by atoms with E-state index in [1.165, 1.54) is 127 Å². The van der Waals surface area contributed by atoms with Crippen LogP contribution in [0.5, 0.6) is 11.5 Å². The molecule has 0 fully saturated rings. The number of nitrogens with zero attached hydrogens (tertiary/aromatic N) is 1. The van der Waals surface area contributed by atoms with Crippen LogP contribution in [0.1, 0.15) is 132 Å². The van der Waals surface area contributed by atoms with Crippen LogP contribution in [0.25, 0.3) is 0 Å². The molecule has 0 bridgehead atoms. The van der Waals surface area contributed by atoms with Crippen LogP contribution in [-0.2, 0) is 6.42 Å². The van der Waals surface area contributed by atoms with Crippen LogP contribution in [0.15, 0.2) is 54.6 Å². The van der Waals surface area contributed by atoms with Crippen LogP contribution in [0.4, 0.5) is 5.69 Å². The van der Waals surface area contributed by atoms with Crippen molar-refractivity contribution < 1.29 is 24.7 Å². The van der Waals surface area contributed by atoms with Gasteiger partial charge in [0.25, 0.3) is 0 Å². The molecule has 7 nitrogen and oxygen atoms in total. The van der Waals surface area contributed by atoms with Gasteiger partial charge in [0.2, 0.25) is 6.29 Å². The van der Waals surface area contributed by atoms with Gasteiger partial charge in [0, 0.05) is 18.1 Å². The lowest BCUT2D eigenvalue weighted by Crippen LogP contribution is -2.12. The number of nitro benzene ring substituents is 1. The molecule has 0 aromatic heterocycles. The van der Waals surface area contributed by atoms with Crippen molar-refractivity contribution in [3.63, 3.8) is 0 Å². The molecule has 0 saturated carbocycles. The van der Waals surface area contributed by atoms with Crippen molar-refractivity contribution in [1.82, 2.24) is 0 Å². The fourth-order valence-corrected chi connectivity index (χ4v) is 5.04. The maximum atomic E-state index is 12.3. The number of aromatic hydroxyl groups is 1. The minimum atomic E-state index is -1.22. The second kappa shape index (κ2) is 21.5. The lowest BCUT2D eigenvalue weighted by Gasteiger charge is -2.10. The maximum absolute atomic E-state index is 12.3. The number of ketones is 1. The monoisotopic (exact) mass is 581 g/mol. The fraction of sp³-hybridized carbons (Fsp3) is 0.571. The zero-order valence-electron chi connectivity index (χ0n) is 25.5. The van der Waals surface area contributed by atoms with E-state index < -0.39 is 22.7 Å². The Morgan fingerprint density at radius 1 is 0.833 bits per heavy atom. The Hall–Kier alpha value is -3.19. The second-order valence-electron chi connectivity index (χ2n) is 11.2. The Morgan fingerprint density at radius 2 is 1.36 bits per heavy atom. The summed E-state index contributed by atoms with van der Waals surface area (Å²) in [6.45, 7) is 2.27. The molecule has 0 aliphatic heterocycles. The van der Waals surface area contributed by atoms with Crippen molar-refractivity contribution in [2.75, 3.05) is 0 Å². The molecule has 1 atom stereocenters. The number of phenolic OH excluding ortho intramolecular Hbond substituents is 1. The van der Waals surface area contributed by atoms with Gasteiger partial charge in [0.15, 0.2) is 11.5 Å². The lowest BCUT2D eigenvalue weighted by atomic mass is 10.0. The normalized spacial score (nSPS) is 12.0. The molecule has 0 heterocycles. The number of carbonyl (C=O) groups is 1. The zero-order valence-corrected chi connectivity index (χ0v) is 25.5. The lowest BCUT2D eigenvalue weighted by molar-refractivity contribution is -0.385. The summed E-state index contributed by atoms with van der Waals surface area (Å²) in [5, 5.41) is 30.6. The summed E-state index contributed by atoms with van der Waals surface area (Å²) in [4.78, 5) is 22.5. The molecule has 0 aliphatic rings. The molecule has 2 N–H and O–H groups in total. The standard InChI is InChI=1S/C35H51NO6/c1-2-3-4-5-6-7-8-9-10-11-12-13-14-15-16-17-19-29-22-25-31(26-23-29)42-35(39)21-18-20-33(37)30-24-27-34(38)32(28-30)36(40)41/h18,21-28,35,38-39H,2-17,19-20H2,1H3. The van der Waals surface area contributed by atoms with E-state index in [-0.39, 0.29) is 17.8 Å². The van der Waals surface area contributed by atoms with Crippen molar-refractivity contribution in [2.45, 2.75) is 129 Å². The summed E-state index contributed by atoms with van der Waals surface area (Å²) < 4.78 is 5.49. The molecule has 42 heavy (non-hydrogen) atoms. The molecule has 0 aliphatic carbocycles. The van der Waals surface area contributed by atoms with Crippen molar-refractivity contribution in [1.29, 1.82) is 0 Å². The molecule has 0 radical (unpaired) electrons. The summed E-state index contributed by atoms with van der Waals surface area (Å²) in [7, 11) is 0. The number of aliphatic hydroxyl groups excluding tert-OH is 1. The molecule has 0 amide bonds. The van der Waals surface area contributed by atoms with Crippen LogP contribution < -0.4 is 4.74 Å². The molecule has 0 saturated heterocycles. The largest absolute Gasteiger partial charge is 0.502 e. The molecular weight excluding hydrogens is 530 g/mol. The summed E-state index contributed by atoms with van der Waals surface area (Å²) >= 11 is 0. The number of nitro groups is 1. The third kappa shape index (κ3) is 15.2. The molecule has 2 aromatic rings. The van der Waals surface area contributed by atoms with E-state index in [1.807, 2.05) is 24.3 Å². The smallest absolute Gasteiger partial charge is 0.311 e. The molecule has 2 rings (SSSR count). The van der Waals surface area contributed by atoms with Crippen LogP contribution in [0.3, 0.4) is 0 Å². The minimum absolute atomic E-state index is 0.0689. The van der Waals surface area contributed by atoms with E-state index in [2.05, 4.69) is 6.92 Å². The van der Waals surface area contributed by atoms with Crippen molar-refractivity contribution in [3.05, 3.63) is 75.9 Å². The number of hydrogen-bond donors (Lipinski definition) is 2. The topological polar surface area (TPSA) is 110 Å². The van der Waals surface area contributed by atoms with E-state index in [9.17, 15) is 25.1 Å².